The van der Waals surface area contributed by atoms with Gasteiger partial charge in [-0.1, -0.05) is 61.4 Å². The standard InChI is InChI=1S/C13H12N2O5S2.C12H19NO/c1-7-10(12(17)18)21-13(14-7)15-11(16)8-3-5-9(6-4-8)22(2,19)20;1-2-3-7-10-14-13-11-12-8-5-4-6-9-12/h3-6H,1-2H3,(H,17,18)(H,14,15,16);4-6,8-9,13H,2-3,7,10-11H2,1H3. The van der Waals surface area contributed by atoms with E-state index in [1.165, 1.54) is 49.6 Å². The normalized spacial score (nSPS) is 10.9. The van der Waals surface area contributed by atoms with Crippen molar-refractivity contribution in [3.05, 3.63) is 76.3 Å². The van der Waals surface area contributed by atoms with Gasteiger partial charge in [0.15, 0.2) is 15.0 Å². The molecule has 3 N–H and O–H groups in total. The molecule has 2 aromatic carbocycles. The Morgan fingerprint density at radius 1 is 1.06 bits per heavy atom. The van der Waals surface area contributed by atoms with Gasteiger partial charge in [0.05, 0.1) is 17.2 Å². The zero-order chi connectivity index (χ0) is 26.6. The molecule has 0 fully saturated rings. The molecule has 0 aliphatic heterocycles. The van der Waals surface area contributed by atoms with Crippen molar-refractivity contribution in [2.75, 3.05) is 18.2 Å². The van der Waals surface area contributed by atoms with Crippen LogP contribution < -0.4 is 10.8 Å². The summed E-state index contributed by atoms with van der Waals surface area (Å²) < 4.78 is 22.7. The van der Waals surface area contributed by atoms with Gasteiger partial charge in [0.25, 0.3) is 5.91 Å². The number of unbranched alkanes of at least 4 members (excludes halogenated alkanes) is 2. The predicted molar refractivity (Wildman–Crippen MR) is 140 cm³/mol. The SMILES string of the molecule is CCCCCONCc1ccccc1.Cc1nc(NC(=O)c2ccc(S(C)(=O)=O)cc2)sc1C(=O)O. The maximum atomic E-state index is 12.0. The van der Waals surface area contributed by atoms with Gasteiger partial charge >= 0.3 is 5.97 Å². The molecule has 1 heterocycles. The number of rotatable bonds is 11. The Labute approximate surface area is 215 Å². The number of hydrogen-bond donors (Lipinski definition) is 3. The average Bonchev–Trinajstić information content (AvgIpc) is 3.22. The molecule has 0 radical (unpaired) electrons. The van der Waals surface area contributed by atoms with Gasteiger partial charge in [0, 0.05) is 18.4 Å². The molecule has 0 spiro atoms. The number of aryl methyl sites for hydroxylation is 1. The number of thiazole rings is 1. The Kier molecular flexibility index (Phi) is 11.7. The minimum Gasteiger partial charge on any atom is -0.477 e. The number of hydroxylamine groups is 1. The number of nitrogens with one attached hydrogen (secondary N) is 2. The molecule has 9 nitrogen and oxygen atoms in total. The van der Waals surface area contributed by atoms with Crippen LogP contribution in [0.4, 0.5) is 5.13 Å². The second-order valence-electron chi connectivity index (χ2n) is 7.85. The first-order chi connectivity index (χ1) is 17.1. The third-order valence-corrected chi connectivity index (χ3v) is 7.02. The molecule has 0 saturated carbocycles. The fourth-order valence-electron chi connectivity index (χ4n) is 2.90. The molecule has 1 aromatic heterocycles. The van der Waals surface area contributed by atoms with E-state index in [1.807, 2.05) is 18.2 Å². The van der Waals surface area contributed by atoms with Crippen LogP contribution >= 0.6 is 11.3 Å². The van der Waals surface area contributed by atoms with Crippen molar-refractivity contribution >= 4 is 38.2 Å². The summed E-state index contributed by atoms with van der Waals surface area (Å²) in [6.07, 6.45) is 4.70. The molecule has 11 heteroatoms. The highest BCUT2D eigenvalue weighted by Gasteiger charge is 2.16. The zero-order valence-electron chi connectivity index (χ0n) is 20.5. The molecular formula is C25H31N3O6S2. The van der Waals surface area contributed by atoms with E-state index < -0.39 is 21.7 Å². The highest BCUT2D eigenvalue weighted by atomic mass is 32.2. The van der Waals surface area contributed by atoms with Crippen molar-refractivity contribution in [3.63, 3.8) is 0 Å². The van der Waals surface area contributed by atoms with Crippen molar-refractivity contribution < 1.29 is 28.0 Å². The van der Waals surface area contributed by atoms with E-state index in [2.05, 4.69) is 34.8 Å². The van der Waals surface area contributed by atoms with Crippen LogP contribution in [0.15, 0.2) is 59.5 Å². The first kappa shape index (κ1) is 29.1. The molecule has 3 aromatic rings. The average molecular weight is 534 g/mol. The first-order valence-corrected chi connectivity index (χ1v) is 14.0. The summed E-state index contributed by atoms with van der Waals surface area (Å²) in [6, 6.07) is 15.7. The number of sulfone groups is 1. The second-order valence-corrected chi connectivity index (χ2v) is 10.9. The molecule has 1 amide bonds. The van der Waals surface area contributed by atoms with Crippen LogP contribution in [0.2, 0.25) is 0 Å². The molecule has 0 unspecified atom stereocenters. The van der Waals surface area contributed by atoms with Crippen molar-refractivity contribution in [1.29, 1.82) is 0 Å². The number of nitrogens with zero attached hydrogens (tertiary/aromatic N) is 1. The van der Waals surface area contributed by atoms with Crippen LogP contribution in [-0.2, 0) is 21.2 Å². The van der Waals surface area contributed by atoms with E-state index in [0.717, 1.165) is 37.2 Å². The molecule has 0 aliphatic carbocycles. The number of carboxylic acid groups (broad SMARTS) is 1. The highest BCUT2D eigenvalue weighted by Crippen LogP contribution is 2.23. The summed E-state index contributed by atoms with van der Waals surface area (Å²) in [5.41, 5.74) is 4.78. The topological polar surface area (TPSA) is 135 Å². The Balaban J connectivity index is 0.000000281. The van der Waals surface area contributed by atoms with E-state index in [9.17, 15) is 18.0 Å². The lowest BCUT2D eigenvalue weighted by atomic mass is 10.2. The minimum atomic E-state index is -3.32. The number of anilines is 1. The maximum absolute atomic E-state index is 12.0. The van der Waals surface area contributed by atoms with Crippen LogP contribution in [0.25, 0.3) is 0 Å². The molecular weight excluding hydrogens is 502 g/mol. The molecule has 0 bridgehead atoms. The summed E-state index contributed by atoms with van der Waals surface area (Å²) in [5, 5.41) is 11.6. The van der Waals surface area contributed by atoms with Crippen LogP contribution in [0.5, 0.6) is 0 Å². The Hall–Kier alpha value is -3.12. The van der Waals surface area contributed by atoms with E-state index in [0.29, 0.717) is 5.69 Å². The van der Waals surface area contributed by atoms with Crippen molar-refractivity contribution in [2.45, 2.75) is 44.6 Å². The quantitative estimate of drug-likeness (QED) is 0.238. The van der Waals surface area contributed by atoms with Crippen molar-refractivity contribution in [3.8, 4) is 0 Å². The molecule has 36 heavy (non-hydrogen) atoms. The largest absolute Gasteiger partial charge is 0.477 e. The number of carbonyl (C=O) groups is 2. The van der Waals surface area contributed by atoms with Gasteiger partial charge in [0.1, 0.15) is 4.88 Å². The predicted octanol–water partition coefficient (Wildman–Crippen LogP) is 4.70. The van der Waals surface area contributed by atoms with Gasteiger partial charge in [-0.2, -0.15) is 5.48 Å². The summed E-state index contributed by atoms with van der Waals surface area (Å²) in [4.78, 5) is 32.4. The molecule has 194 valence electrons. The molecule has 0 saturated heterocycles. The summed E-state index contributed by atoms with van der Waals surface area (Å²) in [6.45, 7) is 5.32. The molecule has 0 atom stereocenters. The molecule has 0 aliphatic rings. The third-order valence-electron chi connectivity index (χ3n) is 4.83. The van der Waals surface area contributed by atoms with Gasteiger partial charge in [-0.15, -0.1) is 0 Å². The fourth-order valence-corrected chi connectivity index (χ4v) is 4.33. The smallest absolute Gasteiger partial charge is 0.347 e. The number of benzene rings is 2. The Morgan fingerprint density at radius 3 is 2.28 bits per heavy atom. The van der Waals surface area contributed by atoms with Gasteiger partial charge < -0.3 is 9.94 Å². The molecule has 3 rings (SSSR count). The van der Waals surface area contributed by atoms with E-state index >= 15 is 0 Å². The zero-order valence-corrected chi connectivity index (χ0v) is 22.1. The van der Waals surface area contributed by atoms with Gasteiger partial charge in [-0.05, 0) is 43.2 Å². The lowest BCUT2D eigenvalue weighted by Gasteiger charge is -2.05. The number of hydrogen-bond acceptors (Lipinski definition) is 8. The van der Waals surface area contributed by atoms with Crippen LogP contribution in [0.3, 0.4) is 0 Å². The van der Waals surface area contributed by atoms with Gasteiger partial charge in [-0.3, -0.25) is 10.1 Å². The van der Waals surface area contributed by atoms with E-state index in [1.54, 1.807) is 0 Å². The Morgan fingerprint density at radius 2 is 1.72 bits per heavy atom. The van der Waals surface area contributed by atoms with Crippen LogP contribution in [0, 0.1) is 6.92 Å². The van der Waals surface area contributed by atoms with Crippen LogP contribution in [-0.4, -0.2) is 43.2 Å². The summed E-state index contributed by atoms with van der Waals surface area (Å²) >= 11 is 0.860. The van der Waals surface area contributed by atoms with Crippen LogP contribution in [0.1, 0.15) is 57.5 Å². The van der Waals surface area contributed by atoms with Gasteiger partial charge in [-0.25, -0.2) is 18.2 Å². The fraction of sp³-hybridized carbons (Fsp3) is 0.320. The summed E-state index contributed by atoms with van der Waals surface area (Å²) in [7, 11) is -3.32. The third kappa shape index (κ3) is 9.86. The monoisotopic (exact) mass is 533 g/mol. The number of amides is 1. The maximum Gasteiger partial charge on any atom is 0.347 e. The summed E-state index contributed by atoms with van der Waals surface area (Å²) in [5.74, 6) is -1.60. The first-order valence-electron chi connectivity index (χ1n) is 11.3. The number of aromatic carboxylic acids is 1. The minimum absolute atomic E-state index is 0.0581. The second kappa shape index (κ2) is 14.4. The van der Waals surface area contributed by atoms with Gasteiger partial charge in [0.2, 0.25) is 0 Å². The van der Waals surface area contributed by atoms with E-state index in [-0.39, 0.29) is 20.5 Å². The van der Waals surface area contributed by atoms with E-state index in [4.69, 9.17) is 9.94 Å². The number of carboxylic acids is 1. The lowest BCUT2D eigenvalue weighted by molar-refractivity contribution is 0.0342. The number of aromatic nitrogens is 1. The highest BCUT2D eigenvalue weighted by molar-refractivity contribution is 7.90. The Bertz CT molecular complexity index is 1230. The van der Waals surface area contributed by atoms with Crippen molar-refractivity contribution in [2.24, 2.45) is 0 Å². The lowest BCUT2D eigenvalue weighted by Crippen LogP contribution is -2.14. The van der Waals surface area contributed by atoms with Crippen molar-refractivity contribution in [1.82, 2.24) is 10.5 Å². The number of carbonyl (C=O) groups excluding carboxylic acids is 1.